The van der Waals surface area contributed by atoms with Gasteiger partial charge in [-0.15, -0.1) is 0 Å². The molecule has 0 aliphatic heterocycles. The average Bonchev–Trinajstić information content (AvgIpc) is 2.25. The topological polar surface area (TPSA) is 52.6 Å². The number of hydrogen-bond acceptors (Lipinski definition) is 4. The standard InChI is InChI=1S/C10H10O4/c1-13-10(12)9-5-3-2-4-8(9)6-14-7-11/h2-5,7H,6H2,1H3. The Hall–Kier alpha value is -1.84. The summed E-state index contributed by atoms with van der Waals surface area (Å²) < 4.78 is 9.14. The molecular weight excluding hydrogens is 184 g/mol. The second kappa shape index (κ2) is 5.01. The molecule has 0 saturated heterocycles. The van der Waals surface area contributed by atoms with Crippen molar-refractivity contribution in [2.45, 2.75) is 6.61 Å². The molecule has 1 aromatic carbocycles. The van der Waals surface area contributed by atoms with Crippen LogP contribution in [0.2, 0.25) is 0 Å². The molecule has 0 N–H and O–H groups in total. The summed E-state index contributed by atoms with van der Waals surface area (Å²) in [7, 11) is 1.31. The monoisotopic (exact) mass is 194 g/mol. The molecule has 0 atom stereocenters. The van der Waals surface area contributed by atoms with Crippen molar-refractivity contribution in [2.75, 3.05) is 7.11 Å². The van der Waals surface area contributed by atoms with E-state index in [1.807, 2.05) is 0 Å². The number of rotatable bonds is 4. The highest BCUT2D eigenvalue weighted by atomic mass is 16.5. The predicted molar refractivity (Wildman–Crippen MR) is 48.6 cm³/mol. The van der Waals surface area contributed by atoms with Crippen LogP contribution in [0.4, 0.5) is 0 Å². The highest BCUT2D eigenvalue weighted by Crippen LogP contribution is 2.10. The summed E-state index contributed by atoms with van der Waals surface area (Å²) in [6, 6.07) is 6.80. The summed E-state index contributed by atoms with van der Waals surface area (Å²) in [5, 5.41) is 0. The van der Waals surface area contributed by atoms with Crippen LogP contribution in [0, 0.1) is 0 Å². The number of esters is 1. The molecule has 14 heavy (non-hydrogen) atoms. The van der Waals surface area contributed by atoms with Gasteiger partial charge in [-0.05, 0) is 6.07 Å². The predicted octanol–water partition coefficient (Wildman–Crippen LogP) is 1.15. The largest absolute Gasteiger partial charge is 0.465 e. The lowest BCUT2D eigenvalue weighted by Crippen LogP contribution is -2.06. The Morgan fingerprint density at radius 2 is 2.14 bits per heavy atom. The molecule has 1 rings (SSSR count). The first kappa shape index (κ1) is 10.2. The third-order valence-electron chi connectivity index (χ3n) is 1.73. The number of benzene rings is 1. The van der Waals surface area contributed by atoms with Gasteiger partial charge in [0, 0.05) is 5.56 Å². The van der Waals surface area contributed by atoms with E-state index >= 15 is 0 Å². The summed E-state index contributed by atoms with van der Waals surface area (Å²) >= 11 is 0. The average molecular weight is 194 g/mol. The minimum Gasteiger partial charge on any atom is -0.465 e. The summed E-state index contributed by atoms with van der Waals surface area (Å²) in [6.45, 7) is 0.419. The molecule has 0 bridgehead atoms. The van der Waals surface area contributed by atoms with Crippen LogP contribution in [-0.4, -0.2) is 19.6 Å². The highest BCUT2D eigenvalue weighted by Gasteiger charge is 2.10. The van der Waals surface area contributed by atoms with Crippen LogP contribution in [0.3, 0.4) is 0 Å². The maximum absolute atomic E-state index is 11.2. The highest BCUT2D eigenvalue weighted by molar-refractivity contribution is 5.90. The first-order valence-corrected chi connectivity index (χ1v) is 4.01. The third kappa shape index (κ3) is 2.32. The quantitative estimate of drug-likeness (QED) is 0.533. The molecule has 74 valence electrons. The van der Waals surface area contributed by atoms with E-state index in [1.165, 1.54) is 7.11 Å². The van der Waals surface area contributed by atoms with E-state index in [4.69, 9.17) is 0 Å². The van der Waals surface area contributed by atoms with E-state index in [-0.39, 0.29) is 6.61 Å². The van der Waals surface area contributed by atoms with Crippen LogP contribution >= 0.6 is 0 Å². The number of carbonyl (C=O) groups excluding carboxylic acids is 2. The molecule has 0 amide bonds. The van der Waals surface area contributed by atoms with E-state index in [2.05, 4.69) is 9.47 Å². The van der Waals surface area contributed by atoms with E-state index in [0.717, 1.165) is 0 Å². The first-order chi connectivity index (χ1) is 6.79. The van der Waals surface area contributed by atoms with Crippen molar-refractivity contribution >= 4 is 12.4 Å². The summed E-state index contributed by atoms with van der Waals surface area (Å²) in [5.41, 5.74) is 1.04. The molecule has 0 aliphatic carbocycles. The Balaban J connectivity index is 2.90. The summed E-state index contributed by atoms with van der Waals surface area (Å²) in [4.78, 5) is 21.2. The molecule has 0 aliphatic rings. The zero-order valence-corrected chi connectivity index (χ0v) is 7.73. The Kier molecular flexibility index (Phi) is 3.67. The first-order valence-electron chi connectivity index (χ1n) is 4.01. The van der Waals surface area contributed by atoms with Crippen LogP contribution in [0.5, 0.6) is 0 Å². The zero-order chi connectivity index (χ0) is 10.4. The van der Waals surface area contributed by atoms with Crippen molar-refractivity contribution in [1.29, 1.82) is 0 Å². The third-order valence-corrected chi connectivity index (χ3v) is 1.73. The van der Waals surface area contributed by atoms with Gasteiger partial charge in [0.25, 0.3) is 6.47 Å². The number of ether oxygens (including phenoxy) is 2. The van der Waals surface area contributed by atoms with E-state index in [9.17, 15) is 9.59 Å². The van der Waals surface area contributed by atoms with Gasteiger partial charge in [-0.3, -0.25) is 4.79 Å². The van der Waals surface area contributed by atoms with Crippen LogP contribution in [0.1, 0.15) is 15.9 Å². The van der Waals surface area contributed by atoms with Crippen LogP contribution in [0.15, 0.2) is 24.3 Å². The maximum atomic E-state index is 11.2. The van der Waals surface area contributed by atoms with Gasteiger partial charge in [0.2, 0.25) is 0 Å². The fourth-order valence-corrected chi connectivity index (χ4v) is 1.08. The van der Waals surface area contributed by atoms with E-state index in [0.29, 0.717) is 17.6 Å². The van der Waals surface area contributed by atoms with Crippen molar-refractivity contribution < 1.29 is 19.1 Å². The SMILES string of the molecule is COC(=O)c1ccccc1COC=O. The van der Waals surface area contributed by atoms with Crippen LogP contribution in [-0.2, 0) is 20.9 Å². The summed E-state index contributed by atoms with van der Waals surface area (Å²) in [5.74, 6) is -0.435. The lowest BCUT2D eigenvalue weighted by Gasteiger charge is -2.05. The lowest BCUT2D eigenvalue weighted by molar-refractivity contribution is -0.129. The van der Waals surface area contributed by atoms with Crippen LogP contribution in [0.25, 0.3) is 0 Å². The molecule has 0 radical (unpaired) electrons. The van der Waals surface area contributed by atoms with Gasteiger partial charge >= 0.3 is 5.97 Å². The second-order valence-corrected chi connectivity index (χ2v) is 2.56. The van der Waals surface area contributed by atoms with Crippen molar-refractivity contribution in [2.24, 2.45) is 0 Å². The normalized spacial score (nSPS) is 9.21. The van der Waals surface area contributed by atoms with Crippen molar-refractivity contribution in [1.82, 2.24) is 0 Å². The lowest BCUT2D eigenvalue weighted by atomic mass is 10.1. The Labute approximate surface area is 81.4 Å². The molecular formula is C10H10O4. The molecule has 0 heterocycles. The smallest absolute Gasteiger partial charge is 0.338 e. The van der Waals surface area contributed by atoms with Gasteiger partial charge in [-0.25, -0.2) is 4.79 Å². The number of hydrogen-bond donors (Lipinski definition) is 0. The Morgan fingerprint density at radius 1 is 1.43 bits per heavy atom. The van der Waals surface area contributed by atoms with Gasteiger partial charge in [0.1, 0.15) is 6.61 Å². The Morgan fingerprint density at radius 3 is 2.79 bits per heavy atom. The van der Waals surface area contributed by atoms with Gasteiger partial charge in [0.05, 0.1) is 12.7 Å². The van der Waals surface area contributed by atoms with Crippen molar-refractivity contribution in [3.8, 4) is 0 Å². The maximum Gasteiger partial charge on any atom is 0.338 e. The zero-order valence-electron chi connectivity index (χ0n) is 7.73. The fourth-order valence-electron chi connectivity index (χ4n) is 1.08. The molecule has 0 fully saturated rings. The summed E-state index contributed by atoms with van der Waals surface area (Å²) in [6.07, 6.45) is 0. The minimum atomic E-state index is -0.435. The molecule has 0 aromatic heterocycles. The molecule has 4 nitrogen and oxygen atoms in total. The fraction of sp³-hybridized carbons (Fsp3) is 0.200. The number of carbonyl (C=O) groups is 2. The molecule has 0 spiro atoms. The second-order valence-electron chi connectivity index (χ2n) is 2.56. The van der Waals surface area contributed by atoms with Crippen molar-refractivity contribution in [3.05, 3.63) is 35.4 Å². The van der Waals surface area contributed by atoms with Gasteiger partial charge < -0.3 is 9.47 Å². The minimum absolute atomic E-state index is 0.0781. The molecule has 0 saturated carbocycles. The molecule has 4 heteroatoms. The van der Waals surface area contributed by atoms with E-state index < -0.39 is 5.97 Å². The molecule has 1 aromatic rings. The number of methoxy groups -OCH3 is 1. The van der Waals surface area contributed by atoms with Gasteiger partial charge in [0.15, 0.2) is 0 Å². The van der Waals surface area contributed by atoms with Crippen LogP contribution < -0.4 is 0 Å². The van der Waals surface area contributed by atoms with Gasteiger partial charge in [-0.1, -0.05) is 18.2 Å². The molecule has 0 unspecified atom stereocenters. The van der Waals surface area contributed by atoms with Crippen molar-refractivity contribution in [3.63, 3.8) is 0 Å². The Bertz CT molecular complexity index is 333. The van der Waals surface area contributed by atoms with Gasteiger partial charge in [-0.2, -0.15) is 0 Å². The van der Waals surface area contributed by atoms with E-state index in [1.54, 1.807) is 24.3 Å².